The van der Waals surface area contributed by atoms with Crippen LogP contribution < -0.4 is 139 Å². The van der Waals surface area contributed by atoms with Crippen molar-refractivity contribution in [2.75, 3.05) is 6.54 Å². The third-order valence-corrected chi connectivity index (χ3v) is 4.98. The quantitative estimate of drug-likeness (QED) is 0.253. The van der Waals surface area contributed by atoms with Crippen LogP contribution in [0, 0.1) is 0 Å². The van der Waals surface area contributed by atoms with E-state index in [2.05, 4.69) is 15.9 Å². The second-order valence-electron chi connectivity index (χ2n) is 6.38. The number of rotatable bonds is 10. The molecular weight excluding hydrogens is 554 g/mol. The first kappa shape index (κ1) is 39.3. The van der Waals surface area contributed by atoms with Crippen molar-refractivity contribution in [3.63, 3.8) is 0 Å². The van der Waals surface area contributed by atoms with Gasteiger partial charge in [0.1, 0.15) is 0 Å². The number of halogens is 1. The topological polar surface area (TPSA) is 164 Å². The standard InChI is InChI=1S/C20H18BrNO8.4Na/c21-16-8-12(18(25)26)2-3-13(16)10-22(6-5-17(23)24)9-11-1-4-14(19(27)28)15(7-11)20(29)30;;;;/h1-4,7-8H,5-6,9-10H2,(H,23,24)(H,25,26)(H,27,28)(H,29,30);;;;/q;4*+1/p-4. The van der Waals surface area contributed by atoms with Crippen LogP contribution in [0.15, 0.2) is 40.9 Å². The summed E-state index contributed by atoms with van der Waals surface area (Å²) in [4.78, 5) is 45.8. The zero-order valence-corrected chi connectivity index (χ0v) is 29.0. The molecule has 0 N–H and O–H groups in total. The number of carboxylic acid groups (broad SMARTS) is 4. The fourth-order valence-electron chi connectivity index (χ4n) is 2.80. The first-order chi connectivity index (χ1) is 14.1. The predicted molar refractivity (Wildman–Crippen MR) is 97.3 cm³/mol. The Morgan fingerprint density at radius 3 is 1.79 bits per heavy atom. The molecule has 0 unspecified atom stereocenters. The van der Waals surface area contributed by atoms with E-state index in [1.807, 2.05) is 0 Å². The van der Waals surface area contributed by atoms with Gasteiger partial charge in [-0.05, 0) is 35.2 Å². The van der Waals surface area contributed by atoms with E-state index in [1.165, 1.54) is 24.3 Å². The Balaban J connectivity index is -0.00000240. The van der Waals surface area contributed by atoms with Crippen LogP contribution in [-0.2, 0) is 17.9 Å². The van der Waals surface area contributed by atoms with Crippen molar-refractivity contribution >= 4 is 39.8 Å². The second-order valence-corrected chi connectivity index (χ2v) is 7.24. The van der Waals surface area contributed by atoms with Crippen LogP contribution in [-0.4, -0.2) is 35.3 Å². The molecular formula is C20H14BrNNa4O8. The number of nitrogens with zero attached hydrogens (tertiary/aromatic N) is 1. The smallest absolute Gasteiger partial charge is 0.550 e. The van der Waals surface area contributed by atoms with Crippen molar-refractivity contribution in [1.82, 2.24) is 4.90 Å². The predicted octanol–water partition coefficient (Wildman–Crippen LogP) is -14.3. The Hall–Kier alpha value is 0.760. The summed E-state index contributed by atoms with van der Waals surface area (Å²) >= 11 is 3.26. The molecule has 0 spiro atoms. The molecule has 14 heteroatoms. The molecule has 34 heavy (non-hydrogen) atoms. The van der Waals surface area contributed by atoms with Crippen LogP contribution in [0.3, 0.4) is 0 Å². The summed E-state index contributed by atoms with van der Waals surface area (Å²) < 4.78 is 0.463. The summed E-state index contributed by atoms with van der Waals surface area (Å²) in [6, 6.07) is 7.82. The molecule has 0 fully saturated rings. The Morgan fingerprint density at radius 1 is 0.735 bits per heavy atom. The number of hydrogen-bond donors (Lipinski definition) is 0. The summed E-state index contributed by atoms with van der Waals surface area (Å²) in [5, 5.41) is 44.1. The molecule has 0 heterocycles. The largest absolute Gasteiger partial charge is 1.00 e. The van der Waals surface area contributed by atoms with E-state index in [0.29, 0.717) is 15.6 Å². The van der Waals surface area contributed by atoms with E-state index < -0.39 is 35.0 Å². The molecule has 158 valence electrons. The van der Waals surface area contributed by atoms with E-state index in [4.69, 9.17) is 0 Å². The van der Waals surface area contributed by atoms with E-state index >= 15 is 0 Å². The summed E-state index contributed by atoms with van der Waals surface area (Å²) in [6.45, 7) is 0.305. The van der Waals surface area contributed by atoms with Crippen LogP contribution in [0.1, 0.15) is 48.6 Å². The van der Waals surface area contributed by atoms with Gasteiger partial charge in [0.2, 0.25) is 0 Å². The molecule has 0 radical (unpaired) electrons. The average molecular weight is 568 g/mol. The van der Waals surface area contributed by atoms with Gasteiger partial charge in [0, 0.05) is 41.2 Å². The van der Waals surface area contributed by atoms with Gasteiger partial charge in [-0.1, -0.05) is 40.2 Å². The summed E-state index contributed by atoms with van der Waals surface area (Å²) in [7, 11) is 0. The molecule has 0 aromatic heterocycles. The van der Waals surface area contributed by atoms with Gasteiger partial charge in [0.05, 0.1) is 17.9 Å². The van der Waals surface area contributed by atoms with Crippen LogP contribution in [0.4, 0.5) is 0 Å². The molecule has 0 atom stereocenters. The fourth-order valence-corrected chi connectivity index (χ4v) is 3.31. The minimum atomic E-state index is -1.68. The summed E-state index contributed by atoms with van der Waals surface area (Å²) in [5.41, 5.74) is -0.0688. The maximum Gasteiger partial charge on any atom is 1.00 e. The van der Waals surface area contributed by atoms with Crippen molar-refractivity contribution in [2.24, 2.45) is 0 Å². The Kier molecular flexibility index (Phi) is 21.9. The van der Waals surface area contributed by atoms with Crippen molar-refractivity contribution in [1.29, 1.82) is 0 Å². The van der Waals surface area contributed by atoms with Crippen molar-refractivity contribution in [3.05, 3.63) is 68.7 Å². The molecule has 0 saturated carbocycles. The van der Waals surface area contributed by atoms with Crippen molar-refractivity contribution in [2.45, 2.75) is 19.5 Å². The zero-order valence-electron chi connectivity index (χ0n) is 19.4. The van der Waals surface area contributed by atoms with Crippen LogP contribution >= 0.6 is 15.9 Å². The maximum absolute atomic E-state index is 11.2. The minimum absolute atomic E-state index is 0. The SMILES string of the molecule is O=C([O-])CCN(Cc1ccc(C(=O)[O-])c(C(=O)[O-])c1)Cc1ccc(C(=O)[O-])cc1Br.[Na+].[Na+].[Na+].[Na+]. The van der Waals surface area contributed by atoms with Gasteiger partial charge in [0.25, 0.3) is 0 Å². The van der Waals surface area contributed by atoms with E-state index in [-0.39, 0.29) is 150 Å². The number of carbonyl (C=O) groups is 4. The third kappa shape index (κ3) is 12.3. The Bertz CT molecular complexity index is 1020. The van der Waals surface area contributed by atoms with Crippen molar-refractivity contribution < 1.29 is 158 Å². The van der Waals surface area contributed by atoms with Gasteiger partial charge in [0.15, 0.2) is 0 Å². The Morgan fingerprint density at radius 2 is 1.32 bits per heavy atom. The minimum Gasteiger partial charge on any atom is -0.550 e. The van der Waals surface area contributed by atoms with E-state index in [9.17, 15) is 39.6 Å². The fraction of sp³-hybridized carbons (Fsp3) is 0.200. The monoisotopic (exact) mass is 567 g/mol. The number of benzene rings is 2. The molecule has 2 rings (SSSR count). The van der Waals surface area contributed by atoms with Gasteiger partial charge in [-0.2, -0.15) is 0 Å². The molecule has 0 aliphatic carbocycles. The third-order valence-electron chi connectivity index (χ3n) is 4.24. The van der Waals surface area contributed by atoms with Gasteiger partial charge in [-0.3, -0.25) is 4.90 Å². The molecule has 9 nitrogen and oxygen atoms in total. The number of carboxylic acids is 4. The number of aromatic carboxylic acids is 3. The molecule has 0 saturated heterocycles. The van der Waals surface area contributed by atoms with Crippen LogP contribution in [0.5, 0.6) is 0 Å². The Labute approximate surface area is 293 Å². The molecule has 0 aliphatic rings. The van der Waals surface area contributed by atoms with Gasteiger partial charge in [-0.15, -0.1) is 0 Å². The first-order valence-corrected chi connectivity index (χ1v) is 9.35. The van der Waals surface area contributed by atoms with Crippen LogP contribution in [0.25, 0.3) is 0 Å². The number of carbonyl (C=O) groups excluding carboxylic acids is 4. The van der Waals surface area contributed by atoms with Gasteiger partial charge >= 0.3 is 118 Å². The average Bonchev–Trinajstić information content (AvgIpc) is 2.67. The number of aliphatic carboxylic acids is 1. The van der Waals surface area contributed by atoms with Crippen molar-refractivity contribution in [3.8, 4) is 0 Å². The van der Waals surface area contributed by atoms with E-state index in [1.54, 1.807) is 4.90 Å². The summed E-state index contributed by atoms with van der Waals surface area (Å²) in [6.07, 6.45) is -0.306. The van der Waals surface area contributed by atoms with E-state index in [0.717, 1.165) is 12.1 Å². The molecule has 0 aliphatic heterocycles. The van der Waals surface area contributed by atoms with Gasteiger partial charge < -0.3 is 39.6 Å². The number of hydrogen-bond acceptors (Lipinski definition) is 9. The molecule has 2 aromatic carbocycles. The van der Waals surface area contributed by atoms with Crippen LogP contribution in [0.2, 0.25) is 0 Å². The molecule has 2 aromatic rings. The summed E-state index contributed by atoms with van der Waals surface area (Å²) in [5.74, 6) is -5.97. The normalized spacial score (nSPS) is 9.47. The molecule has 0 bridgehead atoms. The maximum atomic E-state index is 11.2. The van der Waals surface area contributed by atoms with Gasteiger partial charge in [-0.25, -0.2) is 0 Å². The first-order valence-electron chi connectivity index (χ1n) is 8.56. The molecule has 0 amide bonds. The zero-order chi connectivity index (χ0) is 22.4. The second kappa shape index (κ2) is 18.9.